The predicted molar refractivity (Wildman–Crippen MR) is 114 cm³/mol. The first kappa shape index (κ1) is 21.5. The van der Waals surface area contributed by atoms with Gasteiger partial charge in [-0.25, -0.2) is 0 Å². The summed E-state index contributed by atoms with van der Waals surface area (Å²) in [4.78, 5) is 2.40. The summed E-state index contributed by atoms with van der Waals surface area (Å²) in [6.07, 6.45) is 13.7. The number of aliphatic hydroxyl groups is 2. The standard InChI is InChI=1S/C24H39NO4/c26-23(19-3-1-2-4-19)6-5-21-22-16-18(15-20(22)17-24(21)27)7-11-28-12-8-25-9-13-29-14-10-25/h5-7,19-24,26-27H,1-4,8-17H2/t20-,21+,22-,23+,24+/m0/s1. The summed E-state index contributed by atoms with van der Waals surface area (Å²) >= 11 is 0. The van der Waals surface area contributed by atoms with E-state index in [0.29, 0.717) is 24.4 Å². The monoisotopic (exact) mass is 405 g/mol. The van der Waals surface area contributed by atoms with Gasteiger partial charge in [0.1, 0.15) is 0 Å². The van der Waals surface area contributed by atoms with Gasteiger partial charge < -0.3 is 19.7 Å². The molecule has 2 N–H and O–H groups in total. The Balaban J connectivity index is 1.20. The van der Waals surface area contributed by atoms with E-state index in [4.69, 9.17) is 9.47 Å². The summed E-state index contributed by atoms with van der Waals surface area (Å²) in [7, 11) is 0. The predicted octanol–water partition coefficient (Wildman–Crippen LogP) is 2.78. The van der Waals surface area contributed by atoms with Gasteiger partial charge in [0.15, 0.2) is 0 Å². The maximum Gasteiger partial charge on any atom is 0.0749 e. The lowest BCUT2D eigenvalue weighted by Crippen LogP contribution is -2.38. The van der Waals surface area contributed by atoms with Crippen molar-refractivity contribution in [3.05, 3.63) is 23.8 Å². The Bertz CT molecular complexity index is 565. The number of hydrogen-bond donors (Lipinski definition) is 2. The number of nitrogens with zero attached hydrogens (tertiary/aromatic N) is 1. The molecule has 0 aromatic carbocycles. The highest BCUT2D eigenvalue weighted by atomic mass is 16.5. The molecule has 0 spiro atoms. The molecule has 0 unspecified atom stereocenters. The molecule has 4 fully saturated rings. The number of rotatable bonds is 8. The van der Waals surface area contributed by atoms with Crippen molar-refractivity contribution in [3.63, 3.8) is 0 Å². The van der Waals surface area contributed by atoms with Crippen molar-refractivity contribution in [1.82, 2.24) is 4.90 Å². The fraction of sp³-hybridized carbons (Fsp3) is 0.833. The molecule has 29 heavy (non-hydrogen) atoms. The Morgan fingerprint density at radius 1 is 1.17 bits per heavy atom. The fourth-order valence-corrected chi connectivity index (χ4v) is 5.92. The number of allylic oxidation sites excluding steroid dienone is 1. The summed E-state index contributed by atoms with van der Waals surface area (Å²) in [6, 6.07) is 0. The van der Waals surface area contributed by atoms with Crippen LogP contribution in [0.15, 0.2) is 23.8 Å². The smallest absolute Gasteiger partial charge is 0.0749 e. The zero-order chi connectivity index (χ0) is 20.1. The third kappa shape index (κ3) is 5.71. The first-order chi connectivity index (χ1) is 14.2. The third-order valence-corrected chi connectivity index (χ3v) is 7.67. The SMILES string of the molecule is O[C@H](C=C[C@@H]1[C@H]2CC(=CCOCCN3CCOCC3)C[C@H]2C[C@H]1O)C1CCCC1. The van der Waals surface area contributed by atoms with Crippen LogP contribution in [0.3, 0.4) is 0 Å². The Morgan fingerprint density at radius 3 is 2.76 bits per heavy atom. The Morgan fingerprint density at radius 2 is 1.97 bits per heavy atom. The maximum absolute atomic E-state index is 10.5. The van der Waals surface area contributed by atoms with Gasteiger partial charge in [-0.2, -0.15) is 0 Å². The average molecular weight is 406 g/mol. The second-order valence-electron chi connectivity index (χ2n) is 9.52. The van der Waals surface area contributed by atoms with Gasteiger partial charge in [-0.15, -0.1) is 0 Å². The molecule has 0 bridgehead atoms. The lowest BCUT2D eigenvalue weighted by molar-refractivity contribution is 0.0233. The minimum Gasteiger partial charge on any atom is -0.392 e. The maximum atomic E-state index is 10.5. The van der Waals surface area contributed by atoms with Crippen LogP contribution in [-0.2, 0) is 9.47 Å². The van der Waals surface area contributed by atoms with Crippen LogP contribution in [0.1, 0.15) is 44.9 Å². The topological polar surface area (TPSA) is 62.2 Å². The Kier molecular flexibility index (Phi) is 7.82. The van der Waals surface area contributed by atoms with E-state index in [0.717, 1.165) is 71.6 Å². The van der Waals surface area contributed by atoms with Crippen LogP contribution in [0, 0.1) is 23.7 Å². The molecule has 1 saturated heterocycles. The molecular formula is C24H39NO4. The van der Waals surface area contributed by atoms with Crippen molar-refractivity contribution < 1.29 is 19.7 Å². The summed E-state index contributed by atoms with van der Waals surface area (Å²) in [5.74, 6) is 1.73. The van der Waals surface area contributed by atoms with E-state index in [9.17, 15) is 10.2 Å². The van der Waals surface area contributed by atoms with Crippen LogP contribution >= 0.6 is 0 Å². The van der Waals surface area contributed by atoms with Crippen molar-refractivity contribution in [2.45, 2.75) is 57.2 Å². The summed E-state index contributed by atoms with van der Waals surface area (Å²) in [6.45, 7) is 6.17. The van der Waals surface area contributed by atoms with Gasteiger partial charge >= 0.3 is 0 Å². The van der Waals surface area contributed by atoms with Crippen molar-refractivity contribution in [1.29, 1.82) is 0 Å². The zero-order valence-corrected chi connectivity index (χ0v) is 17.8. The van der Waals surface area contributed by atoms with E-state index in [1.54, 1.807) is 0 Å². The van der Waals surface area contributed by atoms with Crippen LogP contribution < -0.4 is 0 Å². The number of fused-ring (bicyclic) bond motifs is 1. The number of aliphatic hydroxyl groups excluding tert-OH is 2. The Labute approximate surface area is 175 Å². The van der Waals surface area contributed by atoms with Crippen LogP contribution in [0.2, 0.25) is 0 Å². The largest absolute Gasteiger partial charge is 0.392 e. The van der Waals surface area contributed by atoms with E-state index < -0.39 is 0 Å². The van der Waals surface area contributed by atoms with Crippen LogP contribution in [-0.4, -0.2) is 73.4 Å². The molecule has 0 radical (unpaired) electrons. The third-order valence-electron chi connectivity index (χ3n) is 7.67. The van der Waals surface area contributed by atoms with Crippen LogP contribution in [0.4, 0.5) is 0 Å². The van der Waals surface area contributed by atoms with E-state index in [2.05, 4.69) is 17.1 Å². The van der Waals surface area contributed by atoms with E-state index in [1.807, 2.05) is 6.08 Å². The normalized spacial score (nSPS) is 36.4. The first-order valence-corrected chi connectivity index (χ1v) is 11.8. The highest BCUT2D eigenvalue weighted by Gasteiger charge is 2.45. The Hall–Kier alpha value is -0.720. The first-order valence-electron chi connectivity index (χ1n) is 11.8. The summed E-state index contributed by atoms with van der Waals surface area (Å²) in [5, 5.41) is 21.0. The van der Waals surface area contributed by atoms with Crippen molar-refractivity contribution >= 4 is 0 Å². The van der Waals surface area contributed by atoms with E-state index >= 15 is 0 Å². The van der Waals surface area contributed by atoms with Crippen LogP contribution in [0.25, 0.3) is 0 Å². The minimum atomic E-state index is -0.333. The molecule has 3 aliphatic carbocycles. The number of morpholine rings is 1. The molecule has 1 heterocycles. The average Bonchev–Trinajstić information content (AvgIpc) is 3.44. The van der Waals surface area contributed by atoms with Gasteiger partial charge in [0, 0.05) is 25.6 Å². The molecule has 5 atom stereocenters. The van der Waals surface area contributed by atoms with Crippen molar-refractivity contribution in [2.75, 3.05) is 46.1 Å². The number of ether oxygens (including phenoxy) is 2. The molecule has 0 aromatic heterocycles. The molecule has 0 aromatic rings. The van der Waals surface area contributed by atoms with E-state index in [1.165, 1.54) is 18.4 Å². The molecule has 1 aliphatic heterocycles. The van der Waals surface area contributed by atoms with Crippen molar-refractivity contribution in [3.8, 4) is 0 Å². The zero-order valence-electron chi connectivity index (χ0n) is 17.8. The molecule has 4 rings (SSSR count). The highest BCUT2D eigenvalue weighted by molar-refractivity contribution is 5.18. The minimum absolute atomic E-state index is 0.198. The van der Waals surface area contributed by atoms with Gasteiger partial charge in [0.25, 0.3) is 0 Å². The van der Waals surface area contributed by atoms with Gasteiger partial charge in [-0.1, -0.05) is 36.6 Å². The number of hydrogen-bond acceptors (Lipinski definition) is 5. The van der Waals surface area contributed by atoms with Gasteiger partial charge in [0.05, 0.1) is 38.6 Å². The second-order valence-corrected chi connectivity index (χ2v) is 9.52. The highest BCUT2D eigenvalue weighted by Crippen LogP contribution is 2.50. The van der Waals surface area contributed by atoms with Gasteiger partial charge in [-0.05, 0) is 49.9 Å². The lowest BCUT2D eigenvalue weighted by Gasteiger charge is -2.26. The molecule has 0 amide bonds. The molecule has 5 nitrogen and oxygen atoms in total. The summed E-state index contributed by atoms with van der Waals surface area (Å²) in [5.41, 5.74) is 1.49. The molecule has 3 saturated carbocycles. The summed E-state index contributed by atoms with van der Waals surface area (Å²) < 4.78 is 11.2. The molecule has 164 valence electrons. The quantitative estimate of drug-likeness (QED) is 0.480. The van der Waals surface area contributed by atoms with Crippen LogP contribution in [0.5, 0.6) is 0 Å². The molecule has 5 heteroatoms. The fourth-order valence-electron chi connectivity index (χ4n) is 5.92. The van der Waals surface area contributed by atoms with Gasteiger partial charge in [0.2, 0.25) is 0 Å². The lowest BCUT2D eigenvalue weighted by atomic mass is 9.89. The van der Waals surface area contributed by atoms with E-state index in [-0.39, 0.29) is 18.1 Å². The van der Waals surface area contributed by atoms with Gasteiger partial charge in [-0.3, -0.25) is 4.90 Å². The van der Waals surface area contributed by atoms with Crippen molar-refractivity contribution in [2.24, 2.45) is 23.7 Å². The second kappa shape index (κ2) is 10.5. The molecular weight excluding hydrogens is 366 g/mol. The molecule has 4 aliphatic rings.